The topological polar surface area (TPSA) is 78.9 Å². The van der Waals surface area contributed by atoms with E-state index in [0.29, 0.717) is 13.1 Å². The van der Waals surface area contributed by atoms with Gasteiger partial charge >= 0.3 is 12.1 Å². The van der Waals surface area contributed by atoms with Crippen LogP contribution in [0.5, 0.6) is 0 Å². The first-order chi connectivity index (χ1) is 11.7. The number of likely N-dealkylation sites (tertiary alicyclic amines) is 1. The van der Waals surface area contributed by atoms with Crippen molar-refractivity contribution in [3.05, 3.63) is 35.4 Å². The number of benzene rings is 1. The minimum Gasteiger partial charge on any atom is -0.480 e. The number of piperidine rings is 1. The number of carboxylic acids is 1. The third-order valence-corrected chi connectivity index (χ3v) is 4.17. The highest BCUT2D eigenvalue weighted by Gasteiger charge is 2.32. The number of rotatable bonds is 4. The molecule has 0 aliphatic carbocycles. The summed E-state index contributed by atoms with van der Waals surface area (Å²) in [5.41, 5.74) is 1.30. The summed E-state index contributed by atoms with van der Waals surface area (Å²) in [4.78, 5) is 25.7. The van der Waals surface area contributed by atoms with E-state index in [9.17, 15) is 14.7 Å². The molecule has 1 heterocycles. The molecule has 1 fully saturated rings. The third-order valence-electron chi connectivity index (χ3n) is 4.17. The Hall–Kier alpha value is -2.08. The number of hydrogen-bond acceptors (Lipinski definition) is 4. The molecule has 1 aromatic rings. The van der Waals surface area contributed by atoms with Crippen molar-refractivity contribution in [1.82, 2.24) is 10.2 Å². The van der Waals surface area contributed by atoms with Gasteiger partial charge in [-0.3, -0.25) is 9.69 Å². The van der Waals surface area contributed by atoms with Gasteiger partial charge in [0.05, 0.1) is 0 Å². The van der Waals surface area contributed by atoms with E-state index < -0.39 is 23.7 Å². The normalized spacial score (nSPS) is 19.9. The summed E-state index contributed by atoms with van der Waals surface area (Å²) >= 11 is 0. The molecular formula is C19H28N2O4. The van der Waals surface area contributed by atoms with Crippen molar-refractivity contribution < 1.29 is 19.4 Å². The van der Waals surface area contributed by atoms with E-state index in [0.717, 1.165) is 24.0 Å². The molecule has 1 aliphatic heterocycles. The van der Waals surface area contributed by atoms with Gasteiger partial charge in [-0.15, -0.1) is 0 Å². The van der Waals surface area contributed by atoms with E-state index in [-0.39, 0.29) is 6.04 Å². The molecule has 1 saturated heterocycles. The Labute approximate surface area is 149 Å². The largest absolute Gasteiger partial charge is 0.480 e. The van der Waals surface area contributed by atoms with Gasteiger partial charge in [0.2, 0.25) is 0 Å². The van der Waals surface area contributed by atoms with Gasteiger partial charge in [0.25, 0.3) is 0 Å². The summed E-state index contributed by atoms with van der Waals surface area (Å²) in [7, 11) is 0. The number of carboxylic acid groups (broad SMARTS) is 1. The van der Waals surface area contributed by atoms with E-state index in [1.807, 2.05) is 56.9 Å². The molecule has 6 heteroatoms. The number of carbonyl (C=O) groups is 2. The van der Waals surface area contributed by atoms with Crippen molar-refractivity contribution in [3.63, 3.8) is 0 Å². The first-order valence-electron chi connectivity index (χ1n) is 8.68. The van der Waals surface area contributed by atoms with E-state index in [2.05, 4.69) is 5.32 Å². The van der Waals surface area contributed by atoms with Crippen LogP contribution in [-0.2, 0) is 9.53 Å². The summed E-state index contributed by atoms with van der Waals surface area (Å²) in [6, 6.07) is 6.75. The zero-order valence-electron chi connectivity index (χ0n) is 15.4. The maximum atomic E-state index is 12.0. The highest BCUT2D eigenvalue weighted by Crippen LogP contribution is 2.25. The number of amides is 1. The van der Waals surface area contributed by atoms with Crippen LogP contribution in [0.25, 0.3) is 0 Å². The van der Waals surface area contributed by atoms with Gasteiger partial charge in [-0.2, -0.15) is 0 Å². The standard InChI is InChI=1S/C19H28N2O4/c1-13-7-9-14(10-8-13)16(17(22)23)21-11-5-6-15(12-21)20-18(24)25-19(2,3)4/h7-10,15-16H,5-6,11-12H2,1-4H3,(H,20,24)(H,22,23)/t15-,16+/m0/s1. The number of aryl methyl sites for hydroxylation is 1. The number of ether oxygens (including phenoxy) is 1. The van der Waals surface area contributed by atoms with Crippen LogP contribution >= 0.6 is 0 Å². The Morgan fingerprint density at radius 1 is 1.28 bits per heavy atom. The zero-order valence-corrected chi connectivity index (χ0v) is 15.4. The lowest BCUT2D eigenvalue weighted by Gasteiger charge is -2.37. The molecule has 2 rings (SSSR count). The molecular weight excluding hydrogens is 320 g/mol. The molecule has 0 spiro atoms. The van der Waals surface area contributed by atoms with Crippen LogP contribution in [0.1, 0.15) is 50.8 Å². The fourth-order valence-corrected chi connectivity index (χ4v) is 3.09. The summed E-state index contributed by atoms with van der Waals surface area (Å²) < 4.78 is 5.30. The second-order valence-electron chi connectivity index (χ2n) is 7.63. The van der Waals surface area contributed by atoms with Crippen molar-refractivity contribution >= 4 is 12.1 Å². The molecule has 0 bridgehead atoms. The molecule has 0 unspecified atom stereocenters. The van der Waals surface area contributed by atoms with Gasteiger partial charge in [-0.05, 0) is 52.6 Å². The Morgan fingerprint density at radius 2 is 1.92 bits per heavy atom. The van der Waals surface area contributed by atoms with Crippen molar-refractivity contribution in [2.24, 2.45) is 0 Å². The Balaban J connectivity index is 2.06. The van der Waals surface area contributed by atoms with Crippen LogP contribution in [0.4, 0.5) is 4.79 Å². The van der Waals surface area contributed by atoms with Crippen molar-refractivity contribution in [1.29, 1.82) is 0 Å². The first kappa shape index (κ1) is 19.2. The van der Waals surface area contributed by atoms with Crippen molar-refractivity contribution in [3.8, 4) is 0 Å². The monoisotopic (exact) mass is 348 g/mol. The van der Waals surface area contributed by atoms with Crippen molar-refractivity contribution in [2.75, 3.05) is 13.1 Å². The van der Waals surface area contributed by atoms with E-state index in [4.69, 9.17) is 4.74 Å². The van der Waals surface area contributed by atoms with E-state index in [1.54, 1.807) is 0 Å². The second-order valence-corrected chi connectivity index (χ2v) is 7.63. The molecule has 138 valence electrons. The maximum absolute atomic E-state index is 12.0. The zero-order chi connectivity index (χ0) is 18.6. The third kappa shape index (κ3) is 5.74. The molecule has 1 aromatic carbocycles. The van der Waals surface area contributed by atoms with Gasteiger partial charge in [0.15, 0.2) is 0 Å². The average molecular weight is 348 g/mol. The Bertz CT molecular complexity index is 607. The molecule has 2 atom stereocenters. The van der Waals surface area contributed by atoms with Gasteiger partial charge in [0.1, 0.15) is 11.6 Å². The second kappa shape index (κ2) is 7.87. The van der Waals surface area contributed by atoms with Crippen LogP contribution in [0, 0.1) is 6.92 Å². The lowest BCUT2D eigenvalue weighted by atomic mass is 9.99. The predicted octanol–water partition coefficient (Wildman–Crippen LogP) is 3.11. The van der Waals surface area contributed by atoms with Crippen molar-refractivity contribution in [2.45, 2.75) is 58.2 Å². The van der Waals surface area contributed by atoms with E-state index in [1.165, 1.54) is 0 Å². The van der Waals surface area contributed by atoms with Gasteiger partial charge in [-0.1, -0.05) is 29.8 Å². The number of aliphatic carboxylic acids is 1. The highest BCUT2D eigenvalue weighted by atomic mass is 16.6. The smallest absolute Gasteiger partial charge is 0.407 e. The fraction of sp³-hybridized carbons (Fsp3) is 0.579. The van der Waals surface area contributed by atoms with Gasteiger partial charge in [0, 0.05) is 12.6 Å². The van der Waals surface area contributed by atoms with Crippen LogP contribution in [-0.4, -0.2) is 46.8 Å². The molecule has 2 N–H and O–H groups in total. The maximum Gasteiger partial charge on any atom is 0.407 e. The highest BCUT2D eigenvalue weighted by molar-refractivity contribution is 5.75. The fourth-order valence-electron chi connectivity index (χ4n) is 3.09. The summed E-state index contributed by atoms with van der Waals surface area (Å²) in [5.74, 6) is -0.873. The molecule has 0 saturated carbocycles. The first-order valence-corrected chi connectivity index (χ1v) is 8.68. The van der Waals surface area contributed by atoms with Crippen LogP contribution in [0.3, 0.4) is 0 Å². The SMILES string of the molecule is Cc1ccc([C@H](C(=O)O)N2CCC[C@H](NC(=O)OC(C)(C)C)C2)cc1. The average Bonchev–Trinajstić information content (AvgIpc) is 2.47. The molecule has 1 aliphatic rings. The summed E-state index contributed by atoms with van der Waals surface area (Å²) in [5, 5.41) is 12.6. The summed E-state index contributed by atoms with van der Waals surface area (Å²) in [6.07, 6.45) is 1.19. The number of hydrogen-bond donors (Lipinski definition) is 2. The molecule has 0 radical (unpaired) electrons. The molecule has 1 amide bonds. The van der Waals surface area contributed by atoms with Gasteiger partial charge in [-0.25, -0.2) is 4.79 Å². The lowest BCUT2D eigenvalue weighted by molar-refractivity contribution is -0.144. The Kier molecular flexibility index (Phi) is 6.06. The number of nitrogens with zero attached hydrogens (tertiary/aromatic N) is 1. The lowest BCUT2D eigenvalue weighted by Crippen LogP contribution is -2.50. The summed E-state index contributed by atoms with van der Waals surface area (Å²) in [6.45, 7) is 8.61. The van der Waals surface area contributed by atoms with Crippen LogP contribution < -0.4 is 5.32 Å². The quantitative estimate of drug-likeness (QED) is 0.874. The molecule has 0 aromatic heterocycles. The van der Waals surface area contributed by atoms with Crippen LogP contribution in [0.15, 0.2) is 24.3 Å². The molecule has 25 heavy (non-hydrogen) atoms. The van der Waals surface area contributed by atoms with E-state index >= 15 is 0 Å². The Morgan fingerprint density at radius 3 is 2.48 bits per heavy atom. The minimum absolute atomic E-state index is 0.115. The predicted molar refractivity (Wildman–Crippen MR) is 95.5 cm³/mol. The molecule has 6 nitrogen and oxygen atoms in total. The van der Waals surface area contributed by atoms with Gasteiger partial charge < -0.3 is 15.2 Å². The number of carbonyl (C=O) groups excluding carboxylic acids is 1. The number of alkyl carbamates (subject to hydrolysis) is 1. The number of nitrogens with one attached hydrogen (secondary N) is 1. The minimum atomic E-state index is -0.873. The van der Waals surface area contributed by atoms with Crippen LogP contribution in [0.2, 0.25) is 0 Å².